The molecule has 108 valence electrons. The van der Waals surface area contributed by atoms with E-state index >= 15 is 0 Å². The highest BCUT2D eigenvalue weighted by Gasteiger charge is 2.34. The molecule has 0 bridgehead atoms. The lowest BCUT2D eigenvalue weighted by molar-refractivity contribution is -0.137. The maximum atomic E-state index is 13.2. The van der Waals surface area contributed by atoms with Crippen LogP contribution in [0.2, 0.25) is 0 Å². The number of hydrogen-bond acceptors (Lipinski definition) is 2. The Morgan fingerprint density at radius 1 is 1.19 bits per heavy atom. The zero-order valence-electron chi connectivity index (χ0n) is 11.2. The van der Waals surface area contributed by atoms with Gasteiger partial charge >= 0.3 is 6.18 Å². The number of benzene rings is 1. The van der Waals surface area contributed by atoms with Gasteiger partial charge in [0.05, 0.1) is 17.5 Å². The van der Waals surface area contributed by atoms with Gasteiger partial charge in [-0.3, -0.25) is 4.40 Å². The molecular formula is C15H12F3N3. The van der Waals surface area contributed by atoms with Crippen molar-refractivity contribution >= 4 is 5.65 Å². The predicted molar refractivity (Wildman–Crippen MR) is 72.8 cm³/mol. The van der Waals surface area contributed by atoms with Crippen LogP contribution >= 0.6 is 0 Å². The second-order valence-corrected chi connectivity index (χ2v) is 4.67. The van der Waals surface area contributed by atoms with Crippen molar-refractivity contribution in [2.24, 2.45) is 0 Å². The summed E-state index contributed by atoms with van der Waals surface area (Å²) in [4.78, 5) is 8.31. The molecule has 6 heteroatoms. The van der Waals surface area contributed by atoms with Crippen molar-refractivity contribution in [1.82, 2.24) is 14.4 Å². The zero-order valence-corrected chi connectivity index (χ0v) is 11.2. The van der Waals surface area contributed by atoms with Crippen LogP contribution < -0.4 is 0 Å². The Labute approximate surface area is 119 Å². The second-order valence-electron chi connectivity index (χ2n) is 4.67. The molecule has 0 saturated carbocycles. The van der Waals surface area contributed by atoms with Gasteiger partial charge in [-0.05, 0) is 18.1 Å². The molecule has 21 heavy (non-hydrogen) atoms. The maximum absolute atomic E-state index is 13.2. The molecule has 0 atom stereocenters. The highest BCUT2D eigenvalue weighted by atomic mass is 19.4. The fourth-order valence-electron chi connectivity index (χ4n) is 2.33. The molecule has 2 heterocycles. The summed E-state index contributed by atoms with van der Waals surface area (Å²) in [5.41, 5.74) is 1.07. The minimum atomic E-state index is -4.41. The maximum Gasteiger partial charge on any atom is 0.417 e. The Kier molecular flexibility index (Phi) is 3.16. The van der Waals surface area contributed by atoms with Gasteiger partial charge in [-0.25, -0.2) is 9.97 Å². The van der Waals surface area contributed by atoms with Gasteiger partial charge in [0.2, 0.25) is 0 Å². The number of halogens is 3. The molecule has 2 aromatic heterocycles. The molecule has 3 rings (SSSR count). The number of aryl methyl sites for hydroxylation is 1. The van der Waals surface area contributed by atoms with Gasteiger partial charge in [-0.15, -0.1) is 0 Å². The first-order valence-electron chi connectivity index (χ1n) is 6.49. The lowest BCUT2D eigenvalue weighted by Crippen LogP contribution is -2.08. The number of alkyl halides is 3. The highest BCUT2D eigenvalue weighted by Crippen LogP contribution is 2.37. The summed E-state index contributed by atoms with van der Waals surface area (Å²) in [5.74, 6) is 0. The van der Waals surface area contributed by atoms with E-state index in [0.29, 0.717) is 17.8 Å². The average molecular weight is 291 g/mol. The SMILES string of the molecule is CCc1cn2cncc2nc1-c1ccccc1C(F)(F)F. The largest absolute Gasteiger partial charge is 0.417 e. The van der Waals surface area contributed by atoms with Crippen LogP contribution in [0.1, 0.15) is 18.1 Å². The molecule has 0 saturated heterocycles. The summed E-state index contributed by atoms with van der Waals surface area (Å²) in [6.45, 7) is 1.89. The molecular weight excluding hydrogens is 279 g/mol. The van der Waals surface area contributed by atoms with E-state index in [2.05, 4.69) is 9.97 Å². The zero-order chi connectivity index (χ0) is 15.0. The van der Waals surface area contributed by atoms with Crippen molar-refractivity contribution in [3.05, 3.63) is 54.1 Å². The number of nitrogens with zero attached hydrogens (tertiary/aromatic N) is 3. The van der Waals surface area contributed by atoms with Crippen LogP contribution in [0.4, 0.5) is 13.2 Å². The van der Waals surface area contributed by atoms with E-state index in [9.17, 15) is 13.2 Å². The van der Waals surface area contributed by atoms with Crippen LogP contribution in [0, 0.1) is 0 Å². The Morgan fingerprint density at radius 2 is 1.95 bits per heavy atom. The first-order valence-corrected chi connectivity index (χ1v) is 6.49. The van der Waals surface area contributed by atoms with E-state index in [1.165, 1.54) is 18.3 Å². The van der Waals surface area contributed by atoms with E-state index in [-0.39, 0.29) is 5.56 Å². The van der Waals surface area contributed by atoms with E-state index in [0.717, 1.165) is 11.6 Å². The van der Waals surface area contributed by atoms with E-state index in [4.69, 9.17) is 0 Å². The Hall–Kier alpha value is -2.37. The molecule has 0 spiro atoms. The molecule has 0 aliphatic rings. The summed E-state index contributed by atoms with van der Waals surface area (Å²) in [6, 6.07) is 5.51. The highest BCUT2D eigenvalue weighted by molar-refractivity contribution is 5.69. The topological polar surface area (TPSA) is 30.2 Å². The summed E-state index contributed by atoms with van der Waals surface area (Å²) < 4.78 is 41.2. The fraction of sp³-hybridized carbons (Fsp3) is 0.200. The van der Waals surface area contributed by atoms with Gasteiger partial charge in [0.15, 0.2) is 5.65 Å². The molecule has 3 aromatic rings. The molecule has 0 unspecified atom stereocenters. The summed E-state index contributed by atoms with van der Waals surface area (Å²) in [5, 5.41) is 0. The Balaban J connectivity index is 2.29. The third-order valence-electron chi connectivity index (χ3n) is 3.34. The van der Waals surface area contributed by atoms with Crippen molar-refractivity contribution in [1.29, 1.82) is 0 Å². The van der Waals surface area contributed by atoms with E-state index in [1.807, 2.05) is 6.92 Å². The third kappa shape index (κ3) is 2.37. The van der Waals surface area contributed by atoms with Crippen molar-refractivity contribution < 1.29 is 13.2 Å². The standard InChI is InChI=1S/C15H12F3N3/c1-2-10-8-21-9-19-7-13(21)20-14(10)11-5-3-4-6-12(11)15(16,17)18/h3-9H,2H2,1H3. The van der Waals surface area contributed by atoms with Crippen molar-refractivity contribution in [2.45, 2.75) is 19.5 Å². The summed E-state index contributed by atoms with van der Waals surface area (Å²) in [6.07, 6.45) is 1.07. The van der Waals surface area contributed by atoms with Gasteiger partial charge in [-0.2, -0.15) is 13.2 Å². The molecule has 0 N–H and O–H groups in total. The molecule has 0 amide bonds. The van der Waals surface area contributed by atoms with Crippen molar-refractivity contribution in [3.8, 4) is 11.3 Å². The van der Waals surface area contributed by atoms with Crippen LogP contribution in [-0.2, 0) is 12.6 Å². The third-order valence-corrected chi connectivity index (χ3v) is 3.34. The first-order chi connectivity index (χ1) is 10.0. The molecule has 1 aromatic carbocycles. The van der Waals surface area contributed by atoms with Gasteiger partial charge in [0, 0.05) is 11.8 Å². The minimum absolute atomic E-state index is 0.102. The van der Waals surface area contributed by atoms with Crippen LogP contribution in [0.3, 0.4) is 0 Å². The normalized spacial score (nSPS) is 12.0. The number of fused-ring (bicyclic) bond motifs is 1. The fourth-order valence-corrected chi connectivity index (χ4v) is 2.33. The lowest BCUT2D eigenvalue weighted by atomic mass is 9.99. The molecule has 0 radical (unpaired) electrons. The molecule has 3 nitrogen and oxygen atoms in total. The molecule has 0 aliphatic carbocycles. The van der Waals surface area contributed by atoms with E-state index < -0.39 is 11.7 Å². The number of hydrogen-bond donors (Lipinski definition) is 0. The minimum Gasteiger partial charge on any atom is -0.290 e. The number of aromatic nitrogens is 3. The summed E-state index contributed by atoms with van der Waals surface area (Å²) >= 11 is 0. The van der Waals surface area contributed by atoms with Gasteiger partial charge < -0.3 is 0 Å². The monoisotopic (exact) mass is 291 g/mol. The van der Waals surface area contributed by atoms with Crippen molar-refractivity contribution in [2.75, 3.05) is 0 Å². The van der Waals surface area contributed by atoms with Gasteiger partial charge in [0.25, 0.3) is 0 Å². The Bertz CT molecular complexity index is 790. The quantitative estimate of drug-likeness (QED) is 0.715. The first kappa shape index (κ1) is 13.6. The smallest absolute Gasteiger partial charge is 0.290 e. The van der Waals surface area contributed by atoms with E-state index in [1.54, 1.807) is 23.0 Å². The summed E-state index contributed by atoms with van der Waals surface area (Å²) in [7, 11) is 0. The van der Waals surface area contributed by atoms with Crippen LogP contribution in [-0.4, -0.2) is 14.4 Å². The lowest BCUT2D eigenvalue weighted by Gasteiger charge is -2.14. The number of imidazole rings is 1. The molecule has 0 fully saturated rings. The second kappa shape index (κ2) is 4.87. The Morgan fingerprint density at radius 3 is 2.67 bits per heavy atom. The molecule has 0 aliphatic heterocycles. The van der Waals surface area contributed by atoms with Crippen LogP contribution in [0.5, 0.6) is 0 Å². The van der Waals surface area contributed by atoms with Crippen LogP contribution in [0.25, 0.3) is 16.9 Å². The van der Waals surface area contributed by atoms with Gasteiger partial charge in [0.1, 0.15) is 6.33 Å². The average Bonchev–Trinajstić information content (AvgIpc) is 2.92. The predicted octanol–water partition coefficient (Wildman–Crippen LogP) is 3.98. The number of rotatable bonds is 2. The van der Waals surface area contributed by atoms with Crippen LogP contribution in [0.15, 0.2) is 43.0 Å². The van der Waals surface area contributed by atoms with Gasteiger partial charge in [-0.1, -0.05) is 25.1 Å². The van der Waals surface area contributed by atoms with Crippen molar-refractivity contribution in [3.63, 3.8) is 0 Å².